The number of hydrogen-bond donors (Lipinski definition) is 0. The molecule has 0 saturated heterocycles. The molecule has 2 aromatic rings. The van der Waals surface area contributed by atoms with E-state index < -0.39 is 60.6 Å². The van der Waals surface area contributed by atoms with E-state index in [1.54, 1.807) is 0 Å². The Kier molecular flexibility index (Phi) is 5.53. The SMILES string of the molecule is O=C(Oc1cc([N+](=O)[O-])c(F)cc1Cl)Oc1cc([N+](=O)[O-])c(F)cc1Cl. The minimum Gasteiger partial charge on any atom is -0.393 e. The van der Waals surface area contributed by atoms with Crippen LogP contribution in [0.5, 0.6) is 11.5 Å². The molecule has 0 saturated carbocycles. The molecule has 9 nitrogen and oxygen atoms in total. The van der Waals surface area contributed by atoms with Crippen LogP contribution in [0, 0.1) is 31.9 Å². The summed E-state index contributed by atoms with van der Waals surface area (Å²) in [7, 11) is 0. The molecule has 0 aliphatic carbocycles. The van der Waals surface area contributed by atoms with Gasteiger partial charge in [-0.05, 0) is 0 Å². The average molecular weight is 409 g/mol. The van der Waals surface area contributed by atoms with E-state index >= 15 is 0 Å². The number of carbonyl (C=O) groups excluding carboxylic acids is 1. The highest BCUT2D eigenvalue weighted by Crippen LogP contribution is 2.34. The Bertz CT molecular complexity index is 866. The maximum Gasteiger partial charge on any atom is 0.519 e. The van der Waals surface area contributed by atoms with E-state index in [2.05, 4.69) is 9.47 Å². The summed E-state index contributed by atoms with van der Waals surface area (Å²) in [6.07, 6.45) is -1.56. The minimum atomic E-state index is -1.56. The summed E-state index contributed by atoms with van der Waals surface area (Å²) >= 11 is 11.2. The van der Waals surface area contributed by atoms with E-state index in [1.165, 1.54) is 0 Å². The molecule has 0 heterocycles. The molecule has 0 spiro atoms. The standard InChI is InChI=1S/C13H4Cl2F2N2O7/c14-5-1-7(16)9(18(21)22)3-11(5)25-13(20)26-12-4-10(19(23)24)8(17)2-6(12)15/h1-4H. The van der Waals surface area contributed by atoms with Gasteiger partial charge in [-0.25, -0.2) is 4.79 Å². The molecule has 0 unspecified atom stereocenters. The summed E-state index contributed by atoms with van der Waals surface area (Å²) in [4.78, 5) is 30.9. The fourth-order valence-corrected chi connectivity index (χ4v) is 2.05. The summed E-state index contributed by atoms with van der Waals surface area (Å²) in [6, 6.07) is 2.15. The van der Waals surface area contributed by atoms with Crippen LogP contribution in [-0.2, 0) is 0 Å². The Morgan fingerprint density at radius 2 is 1.19 bits per heavy atom. The van der Waals surface area contributed by atoms with E-state index in [-0.39, 0.29) is 0 Å². The van der Waals surface area contributed by atoms with Crippen molar-refractivity contribution in [1.29, 1.82) is 0 Å². The van der Waals surface area contributed by atoms with Crippen LogP contribution in [0.4, 0.5) is 25.0 Å². The highest BCUT2D eigenvalue weighted by molar-refractivity contribution is 6.32. The van der Waals surface area contributed by atoms with E-state index in [4.69, 9.17) is 23.2 Å². The lowest BCUT2D eigenvalue weighted by atomic mass is 10.3. The van der Waals surface area contributed by atoms with Gasteiger partial charge in [-0.3, -0.25) is 20.2 Å². The van der Waals surface area contributed by atoms with Crippen LogP contribution >= 0.6 is 23.2 Å². The summed E-state index contributed by atoms with van der Waals surface area (Å²) in [5.74, 6) is -3.76. The van der Waals surface area contributed by atoms with Crippen molar-refractivity contribution in [3.8, 4) is 11.5 Å². The number of carbonyl (C=O) groups is 1. The molecule has 2 aromatic carbocycles. The highest BCUT2D eigenvalue weighted by atomic mass is 35.5. The van der Waals surface area contributed by atoms with Gasteiger partial charge in [-0.1, -0.05) is 23.2 Å². The summed E-state index contributed by atoms with van der Waals surface area (Å²) in [6.45, 7) is 0. The zero-order valence-corrected chi connectivity index (χ0v) is 13.6. The van der Waals surface area contributed by atoms with Gasteiger partial charge in [0, 0.05) is 12.1 Å². The molecule has 136 valence electrons. The van der Waals surface area contributed by atoms with Crippen LogP contribution in [0.1, 0.15) is 0 Å². The van der Waals surface area contributed by atoms with Gasteiger partial charge in [0.1, 0.15) is 0 Å². The van der Waals surface area contributed by atoms with Crippen LogP contribution in [0.15, 0.2) is 24.3 Å². The van der Waals surface area contributed by atoms with E-state index in [9.17, 15) is 33.8 Å². The van der Waals surface area contributed by atoms with Crippen molar-refractivity contribution in [3.63, 3.8) is 0 Å². The third-order valence-electron chi connectivity index (χ3n) is 2.78. The lowest BCUT2D eigenvalue weighted by molar-refractivity contribution is -0.387. The molecular formula is C13H4Cl2F2N2O7. The van der Waals surface area contributed by atoms with Crippen molar-refractivity contribution in [2.24, 2.45) is 0 Å². The zero-order valence-electron chi connectivity index (χ0n) is 12.1. The molecule has 13 heteroatoms. The second kappa shape index (κ2) is 7.45. The molecule has 0 aliphatic rings. The van der Waals surface area contributed by atoms with Crippen LogP contribution in [0.2, 0.25) is 10.0 Å². The molecule has 26 heavy (non-hydrogen) atoms. The van der Waals surface area contributed by atoms with E-state index in [0.717, 1.165) is 0 Å². The van der Waals surface area contributed by atoms with Crippen LogP contribution in [0.25, 0.3) is 0 Å². The fourth-order valence-electron chi connectivity index (χ4n) is 1.67. The Labute approximate surface area is 151 Å². The summed E-state index contributed by atoms with van der Waals surface area (Å²) in [5, 5.41) is 20.4. The monoisotopic (exact) mass is 408 g/mol. The highest BCUT2D eigenvalue weighted by Gasteiger charge is 2.23. The molecule has 0 fully saturated rings. The third-order valence-corrected chi connectivity index (χ3v) is 3.37. The van der Waals surface area contributed by atoms with Crippen molar-refractivity contribution in [3.05, 3.63) is 66.2 Å². The van der Waals surface area contributed by atoms with Crippen molar-refractivity contribution in [2.45, 2.75) is 0 Å². The first-order valence-corrected chi connectivity index (χ1v) is 7.02. The first-order valence-electron chi connectivity index (χ1n) is 6.26. The molecular weight excluding hydrogens is 405 g/mol. The van der Waals surface area contributed by atoms with Crippen LogP contribution < -0.4 is 9.47 Å². The first-order chi connectivity index (χ1) is 12.1. The van der Waals surface area contributed by atoms with Crippen LogP contribution in [-0.4, -0.2) is 16.0 Å². The smallest absolute Gasteiger partial charge is 0.393 e. The Hall–Kier alpha value is -3.05. The molecule has 0 atom stereocenters. The quantitative estimate of drug-likeness (QED) is 0.311. The van der Waals surface area contributed by atoms with E-state index in [1.807, 2.05) is 0 Å². The lowest BCUT2D eigenvalue weighted by Crippen LogP contribution is -2.15. The summed E-state index contributed by atoms with van der Waals surface area (Å²) in [5.41, 5.74) is -2.04. The summed E-state index contributed by atoms with van der Waals surface area (Å²) < 4.78 is 35.9. The second-order valence-corrected chi connectivity index (χ2v) is 5.25. The fraction of sp³-hybridized carbons (Fsp3) is 0. The average Bonchev–Trinajstić information content (AvgIpc) is 2.51. The Morgan fingerprint density at radius 3 is 1.50 bits per heavy atom. The molecule has 0 bridgehead atoms. The largest absolute Gasteiger partial charge is 0.519 e. The normalized spacial score (nSPS) is 10.3. The number of nitro benzene ring substituents is 2. The maximum absolute atomic E-state index is 13.4. The molecule has 2 rings (SSSR count). The number of nitrogens with zero attached hydrogens (tertiary/aromatic N) is 2. The molecule has 0 radical (unpaired) electrons. The number of halogens is 4. The van der Waals surface area contributed by atoms with Gasteiger partial charge in [0.05, 0.1) is 32.0 Å². The number of ether oxygens (including phenoxy) is 2. The van der Waals surface area contributed by atoms with Gasteiger partial charge < -0.3 is 9.47 Å². The second-order valence-electron chi connectivity index (χ2n) is 4.44. The Balaban J connectivity index is 2.27. The predicted octanol–water partition coefficient (Wildman–Crippen LogP) is 4.67. The predicted molar refractivity (Wildman–Crippen MR) is 82.8 cm³/mol. The molecule has 0 aromatic heterocycles. The van der Waals surface area contributed by atoms with Gasteiger partial charge >= 0.3 is 17.5 Å². The minimum absolute atomic E-state index is 0.485. The number of rotatable bonds is 4. The zero-order chi connectivity index (χ0) is 19.6. The topological polar surface area (TPSA) is 122 Å². The number of nitro groups is 2. The van der Waals surface area contributed by atoms with Gasteiger partial charge in [0.25, 0.3) is 0 Å². The third kappa shape index (κ3) is 4.13. The van der Waals surface area contributed by atoms with Crippen molar-refractivity contribution in [1.82, 2.24) is 0 Å². The number of benzene rings is 2. The van der Waals surface area contributed by atoms with Gasteiger partial charge in [0.15, 0.2) is 11.5 Å². The van der Waals surface area contributed by atoms with Gasteiger partial charge in [-0.2, -0.15) is 8.78 Å². The van der Waals surface area contributed by atoms with Gasteiger partial charge in [0.2, 0.25) is 11.6 Å². The van der Waals surface area contributed by atoms with E-state index in [0.29, 0.717) is 24.3 Å². The van der Waals surface area contributed by atoms with Crippen molar-refractivity contribution < 1.29 is 32.9 Å². The first kappa shape index (κ1) is 19.3. The van der Waals surface area contributed by atoms with Crippen molar-refractivity contribution >= 4 is 40.7 Å². The molecule has 0 aliphatic heterocycles. The lowest BCUT2D eigenvalue weighted by Gasteiger charge is -2.08. The van der Waals surface area contributed by atoms with Crippen molar-refractivity contribution in [2.75, 3.05) is 0 Å². The number of hydrogen-bond acceptors (Lipinski definition) is 7. The molecule has 0 amide bonds. The Morgan fingerprint density at radius 1 is 0.846 bits per heavy atom. The van der Waals surface area contributed by atoms with Gasteiger partial charge in [-0.15, -0.1) is 0 Å². The maximum atomic E-state index is 13.4. The molecule has 0 N–H and O–H groups in total. The van der Waals surface area contributed by atoms with Crippen LogP contribution in [0.3, 0.4) is 0 Å².